The second kappa shape index (κ2) is 6.15. The Bertz CT molecular complexity index is 662. The minimum Gasteiger partial charge on any atom is -0.465 e. The van der Waals surface area contributed by atoms with Gasteiger partial charge in [0.1, 0.15) is 0 Å². The molecule has 0 bridgehead atoms. The first kappa shape index (κ1) is 14.7. The fourth-order valence-electron chi connectivity index (χ4n) is 1.67. The van der Waals surface area contributed by atoms with E-state index in [1.165, 1.54) is 7.11 Å². The van der Waals surface area contributed by atoms with E-state index in [0.29, 0.717) is 22.0 Å². The maximum atomic E-state index is 11.6. The van der Waals surface area contributed by atoms with Gasteiger partial charge in [0, 0.05) is 15.8 Å². The molecule has 2 aromatic rings. The molecule has 0 saturated heterocycles. The van der Waals surface area contributed by atoms with Crippen molar-refractivity contribution in [2.24, 2.45) is 0 Å². The smallest absolute Gasteiger partial charge is 0.340 e. The van der Waals surface area contributed by atoms with Gasteiger partial charge in [-0.3, -0.25) is 0 Å². The van der Waals surface area contributed by atoms with Gasteiger partial charge in [-0.25, -0.2) is 4.79 Å². The molecule has 0 aliphatic carbocycles. The summed E-state index contributed by atoms with van der Waals surface area (Å²) >= 11 is 9.47. The second-order valence-corrected chi connectivity index (χ2v) is 5.37. The Kier molecular flexibility index (Phi) is 4.52. The van der Waals surface area contributed by atoms with Gasteiger partial charge >= 0.3 is 5.97 Å². The van der Waals surface area contributed by atoms with Crippen LogP contribution in [0.25, 0.3) is 0 Å². The Labute approximate surface area is 130 Å². The third-order valence-corrected chi connectivity index (χ3v) is 3.47. The Balaban J connectivity index is 2.32. The normalized spacial score (nSPS) is 10.2. The third kappa shape index (κ3) is 3.23. The number of halogens is 2. The van der Waals surface area contributed by atoms with Crippen LogP contribution < -0.4 is 11.1 Å². The van der Waals surface area contributed by atoms with Crippen molar-refractivity contribution < 1.29 is 9.53 Å². The molecule has 104 valence electrons. The molecule has 4 nitrogen and oxygen atoms in total. The molecule has 0 aromatic heterocycles. The van der Waals surface area contributed by atoms with Crippen molar-refractivity contribution >= 4 is 50.6 Å². The van der Waals surface area contributed by atoms with Crippen molar-refractivity contribution in [1.82, 2.24) is 0 Å². The minimum absolute atomic E-state index is 0.311. The maximum Gasteiger partial charge on any atom is 0.340 e. The maximum absolute atomic E-state index is 11.6. The van der Waals surface area contributed by atoms with Crippen LogP contribution >= 0.6 is 27.5 Å². The minimum atomic E-state index is -0.479. The number of nitrogens with one attached hydrogen (secondary N) is 1. The number of carbonyl (C=O) groups is 1. The fraction of sp³-hybridized carbons (Fsp3) is 0.0714. The number of benzene rings is 2. The fourth-order valence-corrected chi connectivity index (χ4v) is 2.39. The van der Waals surface area contributed by atoms with E-state index in [1.54, 1.807) is 24.3 Å². The molecular weight excluding hydrogens is 344 g/mol. The average molecular weight is 356 g/mol. The van der Waals surface area contributed by atoms with E-state index in [-0.39, 0.29) is 0 Å². The lowest BCUT2D eigenvalue weighted by Crippen LogP contribution is -2.06. The van der Waals surface area contributed by atoms with Crippen molar-refractivity contribution in [3.05, 3.63) is 51.5 Å². The van der Waals surface area contributed by atoms with Gasteiger partial charge in [0.05, 0.1) is 23.4 Å². The molecule has 0 atom stereocenters. The number of nitrogens with two attached hydrogens (primary N) is 1. The van der Waals surface area contributed by atoms with Crippen LogP contribution in [0.5, 0.6) is 0 Å². The summed E-state index contributed by atoms with van der Waals surface area (Å²) in [5.74, 6) is -0.479. The number of methoxy groups -OCH3 is 1. The summed E-state index contributed by atoms with van der Waals surface area (Å²) in [6.07, 6.45) is 0. The summed E-state index contributed by atoms with van der Waals surface area (Å²) < 4.78 is 5.57. The molecule has 0 heterocycles. The second-order valence-electron chi connectivity index (χ2n) is 4.04. The van der Waals surface area contributed by atoms with E-state index in [0.717, 1.165) is 10.2 Å². The summed E-state index contributed by atoms with van der Waals surface area (Å²) in [4.78, 5) is 11.6. The number of nitrogen functional groups attached to an aromatic ring is 1. The largest absolute Gasteiger partial charge is 0.465 e. The van der Waals surface area contributed by atoms with E-state index in [1.807, 2.05) is 12.1 Å². The van der Waals surface area contributed by atoms with Gasteiger partial charge < -0.3 is 15.8 Å². The molecule has 2 rings (SSSR count). The van der Waals surface area contributed by atoms with Crippen molar-refractivity contribution in [3.63, 3.8) is 0 Å². The van der Waals surface area contributed by atoms with E-state index < -0.39 is 5.97 Å². The molecule has 0 aliphatic rings. The monoisotopic (exact) mass is 354 g/mol. The summed E-state index contributed by atoms with van der Waals surface area (Å²) in [6.45, 7) is 0. The summed E-state index contributed by atoms with van der Waals surface area (Å²) in [5.41, 5.74) is 7.85. The topological polar surface area (TPSA) is 64.3 Å². The predicted octanol–water partition coefficient (Wildman–Crippen LogP) is 4.21. The van der Waals surface area contributed by atoms with Crippen molar-refractivity contribution in [2.75, 3.05) is 18.2 Å². The Morgan fingerprint density at radius 3 is 2.70 bits per heavy atom. The molecule has 0 aliphatic heterocycles. The van der Waals surface area contributed by atoms with Gasteiger partial charge in [-0.05, 0) is 36.4 Å². The zero-order valence-corrected chi connectivity index (χ0v) is 13.0. The van der Waals surface area contributed by atoms with Crippen molar-refractivity contribution in [1.29, 1.82) is 0 Å². The number of rotatable bonds is 3. The molecule has 0 fully saturated rings. The van der Waals surface area contributed by atoms with Crippen LogP contribution in [0.15, 0.2) is 40.9 Å². The Morgan fingerprint density at radius 2 is 2.05 bits per heavy atom. The highest BCUT2D eigenvalue weighted by Gasteiger charge is 2.11. The first-order valence-corrected chi connectivity index (χ1v) is 6.88. The van der Waals surface area contributed by atoms with Crippen LogP contribution in [0.1, 0.15) is 10.4 Å². The standard InChI is InChI=1S/C14H12BrClN2O2/c1-20-14(19)10-7-9(3-4-12(10)17)18-13-5-2-8(15)6-11(13)16/h2-7,18H,17H2,1H3. The Hall–Kier alpha value is -1.72. The zero-order valence-electron chi connectivity index (χ0n) is 10.6. The molecule has 0 amide bonds. The number of anilines is 3. The molecule has 3 N–H and O–H groups in total. The van der Waals surface area contributed by atoms with Gasteiger partial charge in [-0.2, -0.15) is 0 Å². The number of hydrogen-bond donors (Lipinski definition) is 2. The van der Waals surface area contributed by atoms with Gasteiger partial charge in [0.15, 0.2) is 0 Å². The summed E-state index contributed by atoms with van der Waals surface area (Å²) in [5, 5.41) is 3.70. The van der Waals surface area contributed by atoms with Crippen LogP contribution in [0.3, 0.4) is 0 Å². The van der Waals surface area contributed by atoms with Gasteiger partial charge in [0.2, 0.25) is 0 Å². The highest BCUT2D eigenvalue weighted by atomic mass is 79.9. The number of carbonyl (C=O) groups excluding carboxylic acids is 1. The SMILES string of the molecule is COC(=O)c1cc(Nc2ccc(Br)cc2Cl)ccc1N. The van der Waals surface area contributed by atoms with Gasteiger partial charge in [-0.15, -0.1) is 0 Å². The molecule has 20 heavy (non-hydrogen) atoms. The molecule has 0 radical (unpaired) electrons. The first-order valence-electron chi connectivity index (χ1n) is 5.71. The summed E-state index contributed by atoms with van der Waals surface area (Å²) in [7, 11) is 1.31. The van der Waals surface area contributed by atoms with Gasteiger partial charge in [0.25, 0.3) is 0 Å². The molecule has 0 saturated carbocycles. The van der Waals surface area contributed by atoms with Crippen LogP contribution in [0.4, 0.5) is 17.1 Å². The highest BCUT2D eigenvalue weighted by Crippen LogP contribution is 2.29. The zero-order chi connectivity index (χ0) is 14.7. The van der Waals surface area contributed by atoms with Gasteiger partial charge in [-0.1, -0.05) is 27.5 Å². The number of ether oxygens (including phenoxy) is 1. The van der Waals surface area contributed by atoms with E-state index in [9.17, 15) is 4.79 Å². The quantitative estimate of drug-likeness (QED) is 0.639. The van der Waals surface area contributed by atoms with Crippen molar-refractivity contribution in [2.45, 2.75) is 0 Å². The number of hydrogen-bond acceptors (Lipinski definition) is 4. The van der Waals surface area contributed by atoms with E-state index >= 15 is 0 Å². The first-order chi connectivity index (χ1) is 9.51. The highest BCUT2D eigenvalue weighted by molar-refractivity contribution is 9.10. The number of esters is 1. The molecule has 6 heteroatoms. The molecule has 2 aromatic carbocycles. The lowest BCUT2D eigenvalue weighted by molar-refractivity contribution is 0.0602. The van der Waals surface area contributed by atoms with E-state index in [2.05, 4.69) is 26.0 Å². The lowest BCUT2D eigenvalue weighted by Gasteiger charge is -2.11. The predicted molar refractivity (Wildman–Crippen MR) is 84.6 cm³/mol. The summed E-state index contributed by atoms with van der Waals surface area (Å²) in [6, 6.07) is 10.5. The molecular formula is C14H12BrClN2O2. The van der Waals surface area contributed by atoms with E-state index in [4.69, 9.17) is 17.3 Å². The third-order valence-electron chi connectivity index (χ3n) is 2.67. The molecule has 0 unspecified atom stereocenters. The van der Waals surface area contributed by atoms with Crippen LogP contribution in [0, 0.1) is 0 Å². The molecule has 0 spiro atoms. The van der Waals surface area contributed by atoms with Crippen molar-refractivity contribution in [3.8, 4) is 0 Å². The van der Waals surface area contributed by atoms with Crippen LogP contribution in [-0.2, 0) is 4.74 Å². The Morgan fingerprint density at radius 1 is 1.30 bits per heavy atom. The lowest BCUT2D eigenvalue weighted by atomic mass is 10.1. The van der Waals surface area contributed by atoms with Crippen LogP contribution in [-0.4, -0.2) is 13.1 Å². The average Bonchev–Trinajstić information content (AvgIpc) is 2.43. The van der Waals surface area contributed by atoms with Crippen LogP contribution in [0.2, 0.25) is 5.02 Å².